The molecule has 0 radical (unpaired) electrons. The topological polar surface area (TPSA) is 32.7 Å². The van der Waals surface area contributed by atoms with Crippen LogP contribution < -0.4 is 0 Å². The summed E-state index contributed by atoms with van der Waals surface area (Å²) in [5, 5.41) is 0. The Morgan fingerprint density at radius 3 is 2.42 bits per heavy atom. The molecule has 130 valence electrons. The van der Waals surface area contributed by atoms with E-state index < -0.39 is 0 Å². The van der Waals surface area contributed by atoms with Gasteiger partial charge in [-0.15, -0.1) is 0 Å². The highest BCUT2D eigenvalue weighted by atomic mass is 79.9. The van der Waals surface area contributed by atoms with Crippen LogP contribution in [0.1, 0.15) is 17.3 Å². The maximum Gasteiger partial charge on any atom is 0.169 e. The average molecular weight is 407 g/mol. The van der Waals surface area contributed by atoms with Gasteiger partial charge in [0.15, 0.2) is 5.78 Å². The van der Waals surface area contributed by atoms with Crippen LogP contribution in [0.25, 0.3) is 11.1 Å². The van der Waals surface area contributed by atoms with Crippen molar-refractivity contribution in [3.63, 3.8) is 0 Å². The molecule has 0 saturated heterocycles. The normalized spacial score (nSPS) is 18.8. The molecule has 2 aromatic carbocycles. The summed E-state index contributed by atoms with van der Waals surface area (Å²) in [4.78, 5) is 19.5. The highest BCUT2D eigenvalue weighted by Gasteiger charge is 2.27. The molecule has 1 atom stereocenters. The molecular weight excluding hydrogens is 388 g/mol. The molecule has 3 nitrogen and oxygen atoms in total. The second kappa shape index (κ2) is 7.04. The van der Waals surface area contributed by atoms with E-state index in [0.717, 1.165) is 27.0 Å². The fourth-order valence-corrected chi connectivity index (χ4v) is 3.54. The number of hydrogen-bond acceptors (Lipinski definition) is 3. The zero-order valence-corrected chi connectivity index (χ0v) is 16.1. The van der Waals surface area contributed by atoms with Gasteiger partial charge in [0.05, 0.1) is 12.5 Å². The van der Waals surface area contributed by atoms with Crippen LogP contribution in [0.3, 0.4) is 0 Å². The summed E-state index contributed by atoms with van der Waals surface area (Å²) in [6.07, 6.45) is 6.14. The molecule has 26 heavy (non-hydrogen) atoms. The minimum Gasteiger partial charge on any atom is -0.333 e. The lowest BCUT2D eigenvalue weighted by atomic mass is 9.94. The Balaban J connectivity index is 1.50. The van der Waals surface area contributed by atoms with Gasteiger partial charge in [0, 0.05) is 22.8 Å². The largest absolute Gasteiger partial charge is 0.333 e. The molecule has 2 aliphatic rings. The van der Waals surface area contributed by atoms with Crippen LogP contribution in [0, 0.1) is 5.92 Å². The third-order valence-corrected chi connectivity index (χ3v) is 5.31. The van der Waals surface area contributed by atoms with Crippen molar-refractivity contribution < 1.29 is 4.79 Å². The molecule has 0 aromatic heterocycles. The van der Waals surface area contributed by atoms with Gasteiger partial charge in [0.2, 0.25) is 0 Å². The van der Waals surface area contributed by atoms with Gasteiger partial charge < -0.3 is 4.90 Å². The van der Waals surface area contributed by atoms with Crippen LogP contribution in [0.2, 0.25) is 0 Å². The Morgan fingerprint density at radius 1 is 1.08 bits per heavy atom. The lowest BCUT2D eigenvalue weighted by Crippen LogP contribution is -2.40. The van der Waals surface area contributed by atoms with Crippen LogP contribution in [-0.4, -0.2) is 29.6 Å². The number of carbonyl (C=O) groups is 1. The SMILES string of the molecule is CC1=CC2=NCC(C(=O)c3ccc(-c4ccc(Br)cc4)cc3)CN2C=C1. The first-order valence-corrected chi connectivity index (χ1v) is 9.47. The predicted molar refractivity (Wildman–Crippen MR) is 109 cm³/mol. The van der Waals surface area contributed by atoms with Crippen LogP contribution in [0.4, 0.5) is 0 Å². The molecule has 4 rings (SSSR count). The van der Waals surface area contributed by atoms with Crippen LogP contribution >= 0.6 is 15.9 Å². The molecule has 2 heterocycles. The van der Waals surface area contributed by atoms with Crippen LogP contribution in [0.5, 0.6) is 0 Å². The van der Waals surface area contributed by atoms with Gasteiger partial charge in [-0.2, -0.15) is 0 Å². The Hall–Kier alpha value is -2.46. The van der Waals surface area contributed by atoms with Gasteiger partial charge in [0.1, 0.15) is 5.84 Å². The van der Waals surface area contributed by atoms with Crippen LogP contribution in [0.15, 0.2) is 81.9 Å². The zero-order valence-electron chi connectivity index (χ0n) is 14.5. The number of rotatable bonds is 3. The van der Waals surface area contributed by atoms with E-state index in [0.29, 0.717) is 13.1 Å². The molecule has 0 spiro atoms. The van der Waals surface area contributed by atoms with Gasteiger partial charge in [-0.25, -0.2) is 0 Å². The third kappa shape index (κ3) is 3.42. The highest BCUT2D eigenvalue weighted by Crippen LogP contribution is 2.24. The van der Waals surface area contributed by atoms with Crippen molar-refractivity contribution in [1.29, 1.82) is 0 Å². The smallest absolute Gasteiger partial charge is 0.169 e. The minimum absolute atomic E-state index is 0.103. The second-order valence-corrected chi connectivity index (χ2v) is 7.62. The molecule has 1 unspecified atom stereocenters. The zero-order chi connectivity index (χ0) is 18.1. The summed E-state index contributed by atoms with van der Waals surface area (Å²) < 4.78 is 1.06. The molecule has 2 aliphatic heterocycles. The highest BCUT2D eigenvalue weighted by molar-refractivity contribution is 9.10. The minimum atomic E-state index is -0.103. The standard InChI is InChI=1S/C22H19BrN2O/c1-15-10-11-25-14-19(13-24-21(25)12-15)22(26)18-4-2-16(3-5-18)17-6-8-20(23)9-7-17/h2-12,19H,13-14H2,1H3. The van der Waals surface area contributed by atoms with Crippen molar-refractivity contribution in [2.24, 2.45) is 10.9 Å². The number of carbonyl (C=O) groups excluding carboxylic acids is 1. The summed E-state index contributed by atoms with van der Waals surface area (Å²) >= 11 is 3.45. The quantitative estimate of drug-likeness (QED) is 0.663. The summed E-state index contributed by atoms with van der Waals surface area (Å²) in [7, 11) is 0. The summed E-state index contributed by atoms with van der Waals surface area (Å²) in [5.41, 5.74) is 4.19. The molecule has 0 saturated carbocycles. The van der Waals surface area contributed by atoms with Gasteiger partial charge in [-0.1, -0.05) is 52.3 Å². The van der Waals surface area contributed by atoms with E-state index in [4.69, 9.17) is 0 Å². The average Bonchev–Trinajstić information content (AvgIpc) is 2.68. The summed E-state index contributed by atoms with van der Waals surface area (Å²) in [6, 6.07) is 16.1. The fourth-order valence-electron chi connectivity index (χ4n) is 3.28. The van der Waals surface area contributed by atoms with E-state index in [9.17, 15) is 4.79 Å². The van der Waals surface area contributed by atoms with E-state index in [2.05, 4.69) is 57.0 Å². The Bertz CT molecular complexity index is 924. The fraction of sp³-hybridized carbons (Fsp3) is 0.182. The monoisotopic (exact) mass is 406 g/mol. The van der Waals surface area contributed by atoms with Gasteiger partial charge in [0.25, 0.3) is 0 Å². The van der Waals surface area contributed by atoms with Crippen molar-refractivity contribution in [3.05, 3.63) is 82.5 Å². The first kappa shape index (κ1) is 17.0. The number of allylic oxidation sites excluding steroid dienone is 2. The van der Waals surface area contributed by atoms with Gasteiger partial charge in [-0.3, -0.25) is 9.79 Å². The number of benzene rings is 2. The molecule has 0 N–H and O–H groups in total. The van der Waals surface area contributed by atoms with E-state index in [1.54, 1.807) is 0 Å². The van der Waals surface area contributed by atoms with Crippen molar-refractivity contribution in [3.8, 4) is 11.1 Å². The number of ketones is 1. The van der Waals surface area contributed by atoms with Crippen molar-refractivity contribution in [2.75, 3.05) is 13.1 Å². The maximum atomic E-state index is 12.9. The summed E-state index contributed by atoms with van der Waals surface area (Å²) in [5.74, 6) is 1.02. The van der Waals surface area contributed by atoms with E-state index >= 15 is 0 Å². The Labute approximate surface area is 161 Å². The maximum absolute atomic E-state index is 12.9. The first-order chi connectivity index (χ1) is 12.6. The lowest BCUT2D eigenvalue weighted by Gasteiger charge is -2.31. The molecule has 0 aliphatic carbocycles. The number of fused-ring (bicyclic) bond motifs is 1. The summed E-state index contributed by atoms with van der Waals surface area (Å²) in [6.45, 7) is 3.30. The molecule has 0 fully saturated rings. The molecule has 2 aromatic rings. The molecular formula is C22H19BrN2O. The van der Waals surface area contributed by atoms with E-state index in [-0.39, 0.29) is 11.7 Å². The first-order valence-electron chi connectivity index (χ1n) is 8.68. The number of aliphatic imine (C=N–C) groups is 1. The second-order valence-electron chi connectivity index (χ2n) is 6.70. The van der Waals surface area contributed by atoms with Crippen molar-refractivity contribution >= 4 is 27.5 Å². The van der Waals surface area contributed by atoms with Crippen molar-refractivity contribution in [2.45, 2.75) is 6.92 Å². The number of amidine groups is 1. The van der Waals surface area contributed by atoms with Crippen LogP contribution in [-0.2, 0) is 0 Å². The molecule has 0 bridgehead atoms. The van der Waals surface area contributed by atoms with Crippen molar-refractivity contribution in [1.82, 2.24) is 4.90 Å². The Kier molecular flexibility index (Phi) is 4.60. The number of halogens is 1. The van der Waals surface area contributed by atoms with E-state index in [1.807, 2.05) is 42.6 Å². The Morgan fingerprint density at radius 2 is 1.73 bits per heavy atom. The van der Waals surface area contributed by atoms with Gasteiger partial charge >= 0.3 is 0 Å². The third-order valence-electron chi connectivity index (χ3n) is 4.78. The number of nitrogens with zero attached hydrogens (tertiary/aromatic N) is 2. The molecule has 0 amide bonds. The predicted octanol–water partition coefficient (Wildman–Crippen LogP) is 5.10. The van der Waals surface area contributed by atoms with E-state index in [1.165, 1.54) is 5.57 Å². The lowest BCUT2D eigenvalue weighted by molar-refractivity contribution is 0.0909. The molecule has 4 heteroatoms. The number of Topliss-reactive ketones (excluding diaryl/α,β-unsaturated/α-hetero) is 1. The number of hydrogen-bond donors (Lipinski definition) is 0. The van der Waals surface area contributed by atoms with Gasteiger partial charge in [-0.05, 0) is 47.9 Å².